The van der Waals surface area contributed by atoms with Gasteiger partial charge in [0.25, 0.3) is 0 Å². The molecule has 1 atom stereocenters. The maximum absolute atomic E-state index is 12.5. The first kappa shape index (κ1) is 19.1. The van der Waals surface area contributed by atoms with E-state index in [0.29, 0.717) is 10.7 Å². The molecular formula is C22H21N5OS. The minimum absolute atomic E-state index is 0.122. The Morgan fingerprint density at radius 3 is 2.59 bits per heavy atom. The average molecular weight is 404 g/mol. The van der Waals surface area contributed by atoms with E-state index in [2.05, 4.69) is 16.4 Å². The number of carbonyl (C=O) groups is 1. The first-order valence-corrected chi connectivity index (χ1v) is 10.3. The molecule has 3 aromatic rings. The van der Waals surface area contributed by atoms with Crippen molar-refractivity contribution in [3.05, 3.63) is 53.3 Å². The molecule has 1 aliphatic heterocycles. The Morgan fingerprint density at radius 1 is 1.21 bits per heavy atom. The summed E-state index contributed by atoms with van der Waals surface area (Å²) >= 11 is 1.44. The summed E-state index contributed by atoms with van der Waals surface area (Å²) in [6, 6.07) is 13.7. The number of anilines is 1. The van der Waals surface area contributed by atoms with E-state index in [9.17, 15) is 10.1 Å². The van der Waals surface area contributed by atoms with Gasteiger partial charge in [-0.25, -0.2) is 9.78 Å². The summed E-state index contributed by atoms with van der Waals surface area (Å²) in [7, 11) is 0. The van der Waals surface area contributed by atoms with Crippen molar-refractivity contribution in [1.29, 1.82) is 5.26 Å². The number of pyridine rings is 1. The number of carbonyl (C=O) groups excluding carboxylic acids is 1. The van der Waals surface area contributed by atoms with E-state index in [4.69, 9.17) is 4.98 Å². The first-order valence-electron chi connectivity index (χ1n) is 9.49. The van der Waals surface area contributed by atoms with Gasteiger partial charge in [-0.2, -0.15) is 5.26 Å². The summed E-state index contributed by atoms with van der Waals surface area (Å²) in [6.45, 7) is 6.73. The highest BCUT2D eigenvalue weighted by atomic mass is 32.1. The lowest BCUT2D eigenvalue weighted by Crippen LogP contribution is -2.51. The molecule has 29 heavy (non-hydrogen) atoms. The topological polar surface area (TPSA) is 81.9 Å². The Hall–Kier alpha value is -3.24. The lowest BCUT2D eigenvalue weighted by Gasteiger charge is -2.38. The van der Waals surface area contributed by atoms with E-state index >= 15 is 0 Å². The van der Waals surface area contributed by atoms with Gasteiger partial charge < -0.3 is 4.90 Å². The number of hydrogen-bond acceptors (Lipinski definition) is 5. The molecule has 4 rings (SSSR count). The maximum Gasteiger partial charge on any atom is 0.323 e. The molecular weight excluding hydrogens is 382 g/mol. The summed E-state index contributed by atoms with van der Waals surface area (Å²) in [4.78, 5) is 24.5. The van der Waals surface area contributed by atoms with Crippen molar-refractivity contribution in [1.82, 2.24) is 14.9 Å². The van der Waals surface area contributed by atoms with E-state index < -0.39 is 0 Å². The number of likely N-dealkylation sites (tertiary alicyclic amines) is 1. The van der Waals surface area contributed by atoms with Crippen molar-refractivity contribution in [2.75, 3.05) is 11.9 Å². The van der Waals surface area contributed by atoms with Gasteiger partial charge in [0.1, 0.15) is 0 Å². The quantitative estimate of drug-likeness (QED) is 0.668. The fourth-order valence-electron chi connectivity index (χ4n) is 3.45. The number of nitrogens with zero attached hydrogens (tertiary/aromatic N) is 4. The van der Waals surface area contributed by atoms with Crippen LogP contribution in [-0.2, 0) is 0 Å². The number of hydrogen-bond donors (Lipinski definition) is 1. The van der Waals surface area contributed by atoms with Crippen LogP contribution in [0.5, 0.6) is 0 Å². The van der Waals surface area contributed by atoms with Gasteiger partial charge in [-0.3, -0.25) is 10.3 Å². The number of urea groups is 1. The Labute approximate surface area is 173 Å². The van der Waals surface area contributed by atoms with Gasteiger partial charge in [-0.05, 0) is 57.0 Å². The third-order valence-corrected chi connectivity index (χ3v) is 6.05. The third kappa shape index (κ3) is 3.84. The second-order valence-corrected chi connectivity index (χ2v) is 8.29. The van der Waals surface area contributed by atoms with Crippen molar-refractivity contribution in [3.63, 3.8) is 0 Å². The lowest BCUT2D eigenvalue weighted by atomic mass is 10.0. The molecule has 1 saturated heterocycles. The number of amides is 2. The van der Waals surface area contributed by atoms with Crippen LogP contribution in [0.25, 0.3) is 21.7 Å². The van der Waals surface area contributed by atoms with Crippen LogP contribution in [0.1, 0.15) is 30.3 Å². The van der Waals surface area contributed by atoms with E-state index in [0.717, 1.165) is 46.1 Å². The zero-order valence-corrected chi connectivity index (χ0v) is 17.4. The largest absolute Gasteiger partial charge is 0.323 e. The predicted octanol–water partition coefficient (Wildman–Crippen LogP) is 4.99. The van der Waals surface area contributed by atoms with Crippen LogP contribution in [0.15, 0.2) is 36.4 Å². The highest BCUT2D eigenvalue weighted by Crippen LogP contribution is 2.40. The van der Waals surface area contributed by atoms with E-state index in [1.54, 1.807) is 11.0 Å². The average Bonchev–Trinajstić information content (AvgIpc) is 3.09. The molecule has 0 radical (unpaired) electrons. The standard InChI is InChI=1S/C22H21N5OS/c1-13-9-18(10-14(2)24-13)20-19(17-6-4-5-16(11-17)12-23)25-21(29-20)26-22(28)27-8-7-15(27)3/h4-6,9-11,15H,7-8H2,1-3H3,(H,25,26,28). The molecule has 2 aromatic heterocycles. The van der Waals surface area contributed by atoms with Crippen LogP contribution in [-0.4, -0.2) is 33.5 Å². The van der Waals surface area contributed by atoms with Gasteiger partial charge in [0.15, 0.2) is 5.13 Å². The molecule has 1 aromatic carbocycles. The van der Waals surface area contributed by atoms with Gasteiger partial charge >= 0.3 is 6.03 Å². The highest BCUT2D eigenvalue weighted by Gasteiger charge is 2.29. The Kier molecular flexibility index (Phi) is 5.03. The summed E-state index contributed by atoms with van der Waals surface area (Å²) in [5, 5.41) is 12.8. The van der Waals surface area contributed by atoms with Gasteiger partial charge in [0.05, 0.1) is 22.2 Å². The van der Waals surface area contributed by atoms with E-state index in [1.165, 1.54) is 11.3 Å². The lowest BCUT2D eigenvalue weighted by molar-refractivity contribution is 0.136. The first-order chi connectivity index (χ1) is 13.9. The van der Waals surface area contributed by atoms with E-state index in [-0.39, 0.29) is 12.1 Å². The number of thiazole rings is 1. The Balaban J connectivity index is 1.78. The van der Waals surface area contributed by atoms with E-state index in [1.807, 2.05) is 51.1 Å². The second kappa shape index (κ2) is 7.64. The SMILES string of the molecule is Cc1cc(-c2sc(NC(=O)N3CCC3C)nc2-c2cccc(C#N)c2)cc(C)n1. The van der Waals surface area contributed by atoms with Crippen molar-refractivity contribution in [3.8, 4) is 27.8 Å². The smallest absolute Gasteiger partial charge is 0.322 e. The molecule has 3 heterocycles. The van der Waals surface area contributed by atoms with Gasteiger partial charge in [-0.1, -0.05) is 23.5 Å². The molecule has 1 N–H and O–H groups in total. The van der Waals surface area contributed by atoms with Gasteiger partial charge in [-0.15, -0.1) is 0 Å². The molecule has 0 saturated carbocycles. The second-order valence-electron chi connectivity index (χ2n) is 7.29. The summed E-state index contributed by atoms with van der Waals surface area (Å²) in [6.07, 6.45) is 1.03. The Bertz CT molecular complexity index is 1110. The van der Waals surface area contributed by atoms with Crippen LogP contribution >= 0.6 is 11.3 Å². The number of nitrogens with one attached hydrogen (secondary N) is 1. The van der Waals surface area contributed by atoms with Crippen molar-refractivity contribution < 1.29 is 4.79 Å². The molecule has 0 spiro atoms. The van der Waals surface area contributed by atoms with Crippen LogP contribution in [0.4, 0.5) is 9.93 Å². The number of aryl methyl sites for hydroxylation is 2. The molecule has 1 unspecified atom stereocenters. The Morgan fingerprint density at radius 2 is 1.97 bits per heavy atom. The minimum Gasteiger partial charge on any atom is -0.322 e. The van der Waals surface area contributed by atoms with Crippen molar-refractivity contribution >= 4 is 22.5 Å². The molecule has 2 amide bonds. The van der Waals surface area contributed by atoms with Crippen LogP contribution in [0.3, 0.4) is 0 Å². The zero-order valence-electron chi connectivity index (χ0n) is 16.6. The molecule has 1 aliphatic rings. The van der Waals surface area contributed by atoms with Gasteiger partial charge in [0.2, 0.25) is 0 Å². The number of rotatable bonds is 3. The molecule has 146 valence electrons. The zero-order chi connectivity index (χ0) is 20.5. The third-order valence-electron chi connectivity index (χ3n) is 5.03. The minimum atomic E-state index is -0.122. The van der Waals surface area contributed by atoms with Gasteiger partial charge in [0, 0.05) is 29.5 Å². The monoisotopic (exact) mass is 403 g/mol. The molecule has 6 nitrogen and oxygen atoms in total. The summed E-state index contributed by atoms with van der Waals surface area (Å²) < 4.78 is 0. The summed E-state index contributed by atoms with van der Waals surface area (Å²) in [5.41, 5.74) is 5.02. The van der Waals surface area contributed by atoms with Crippen molar-refractivity contribution in [2.24, 2.45) is 0 Å². The molecule has 0 bridgehead atoms. The summed E-state index contributed by atoms with van der Waals surface area (Å²) in [5.74, 6) is 0. The fraction of sp³-hybridized carbons (Fsp3) is 0.273. The fourth-order valence-corrected chi connectivity index (χ4v) is 4.41. The molecule has 7 heteroatoms. The highest BCUT2D eigenvalue weighted by molar-refractivity contribution is 7.19. The van der Waals surface area contributed by atoms with Crippen LogP contribution < -0.4 is 5.32 Å². The maximum atomic E-state index is 12.5. The molecule has 1 fully saturated rings. The molecule has 0 aliphatic carbocycles. The number of benzene rings is 1. The number of nitriles is 1. The van der Waals surface area contributed by atoms with Crippen LogP contribution in [0.2, 0.25) is 0 Å². The predicted molar refractivity (Wildman–Crippen MR) is 115 cm³/mol. The van der Waals surface area contributed by atoms with Crippen LogP contribution in [0, 0.1) is 25.2 Å². The van der Waals surface area contributed by atoms with Crippen molar-refractivity contribution in [2.45, 2.75) is 33.2 Å². The number of aromatic nitrogens is 2. The normalized spacial score (nSPS) is 15.5.